The third-order valence-corrected chi connectivity index (χ3v) is 7.09. The van der Waals surface area contributed by atoms with Gasteiger partial charge in [0.25, 0.3) is 0 Å². The van der Waals surface area contributed by atoms with Gasteiger partial charge in [-0.3, -0.25) is 14.4 Å². The summed E-state index contributed by atoms with van der Waals surface area (Å²) in [5.41, 5.74) is 0.195. The Morgan fingerprint density at radius 2 is 1.76 bits per heavy atom. The van der Waals surface area contributed by atoms with E-state index in [4.69, 9.17) is 9.47 Å². The average molecular weight is 570 g/mol. The Hall–Kier alpha value is -3.65. The second-order valence-corrected chi connectivity index (χ2v) is 11.9. The quantitative estimate of drug-likeness (QED) is 0.268. The summed E-state index contributed by atoms with van der Waals surface area (Å²) in [5.74, 6) is -1.04. The van der Waals surface area contributed by atoms with E-state index in [1.165, 1.54) is 0 Å². The molecule has 0 aromatic heterocycles. The van der Waals surface area contributed by atoms with Crippen LogP contribution in [0.1, 0.15) is 71.8 Å². The molecule has 1 aliphatic heterocycles. The van der Waals surface area contributed by atoms with Crippen LogP contribution in [0.15, 0.2) is 30.3 Å². The molecule has 2 aliphatic rings. The minimum absolute atomic E-state index is 0.0293. The first-order valence-electron chi connectivity index (χ1n) is 14.4. The number of carbonyl (C=O) groups excluding carboxylic acids is 4. The third kappa shape index (κ3) is 11.0. The molecule has 1 aliphatic carbocycles. The molecule has 0 bridgehead atoms. The number of carbonyl (C=O) groups is 4. The number of ether oxygens (including phenoxy) is 2. The molecular formula is C30H43N5O6. The van der Waals surface area contributed by atoms with Crippen LogP contribution in [0.3, 0.4) is 0 Å². The molecule has 4 N–H and O–H groups in total. The van der Waals surface area contributed by atoms with Gasteiger partial charge in [-0.2, -0.15) is 5.26 Å². The Labute approximate surface area is 242 Å². The first kappa shape index (κ1) is 31.9. The van der Waals surface area contributed by atoms with Gasteiger partial charge in [0, 0.05) is 18.5 Å². The second-order valence-electron chi connectivity index (χ2n) is 11.9. The fourth-order valence-electron chi connectivity index (χ4n) is 4.91. The van der Waals surface area contributed by atoms with Gasteiger partial charge >= 0.3 is 6.09 Å². The molecule has 2 fully saturated rings. The minimum atomic E-state index is -1.14. The summed E-state index contributed by atoms with van der Waals surface area (Å²) >= 11 is 0. The molecule has 11 heteroatoms. The van der Waals surface area contributed by atoms with Crippen LogP contribution in [0.2, 0.25) is 0 Å². The molecule has 5 atom stereocenters. The number of benzene rings is 1. The second kappa shape index (κ2) is 14.8. The van der Waals surface area contributed by atoms with Gasteiger partial charge in [-0.05, 0) is 58.4 Å². The summed E-state index contributed by atoms with van der Waals surface area (Å²) in [6.07, 6.45) is 1.87. The van der Waals surface area contributed by atoms with Crippen LogP contribution in [0, 0.1) is 23.2 Å². The fourth-order valence-corrected chi connectivity index (χ4v) is 4.91. The number of hydrogen-bond acceptors (Lipinski definition) is 7. The monoisotopic (exact) mass is 569 g/mol. The summed E-state index contributed by atoms with van der Waals surface area (Å²) in [6.45, 7) is 7.81. The van der Waals surface area contributed by atoms with Gasteiger partial charge < -0.3 is 30.7 Å². The third-order valence-electron chi connectivity index (χ3n) is 7.09. The van der Waals surface area contributed by atoms with Crippen molar-refractivity contribution in [2.24, 2.45) is 11.8 Å². The van der Waals surface area contributed by atoms with Crippen LogP contribution >= 0.6 is 0 Å². The van der Waals surface area contributed by atoms with Crippen LogP contribution in [0.5, 0.6) is 0 Å². The van der Waals surface area contributed by atoms with Crippen molar-refractivity contribution in [2.45, 2.75) is 103 Å². The number of amides is 4. The van der Waals surface area contributed by atoms with Crippen LogP contribution in [-0.4, -0.2) is 60.2 Å². The van der Waals surface area contributed by atoms with Crippen molar-refractivity contribution < 1.29 is 28.7 Å². The molecular weight excluding hydrogens is 526 g/mol. The summed E-state index contributed by atoms with van der Waals surface area (Å²) in [7, 11) is 0. The lowest BCUT2D eigenvalue weighted by atomic mass is 9.96. The van der Waals surface area contributed by atoms with E-state index in [0.717, 1.165) is 18.4 Å². The smallest absolute Gasteiger partial charge is 0.408 e. The molecule has 41 heavy (non-hydrogen) atoms. The maximum absolute atomic E-state index is 13.6. The number of rotatable bonds is 14. The van der Waals surface area contributed by atoms with E-state index < -0.39 is 47.7 Å². The van der Waals surface area contributed by atoms with Gasteiger partial charge in [-0.15, -0.1) is 0 Å². The SMILES string of the molecule is C[C@@H](OC(C)(C)C)[C@H](NC(=O)OCc1ccccc1)C(=O)N[C@@H](CC1CC1)C(=O)N[C@H](CC#N)C[C@@H]1CCNC1=O. The van der Waals surface area contributed by atoms with Gasteiger partial charge in [0.1, 0.15) is 18.7 Å². The highest BCUT2D eigenvalue weighted by molar-refractivity contribution is 5.92. The molecule has 0 unspecified atom stereocenters. The molecule has 1 heterocycles. The molecule has 1 aromatic carbocycles. The molecule has 1 aromatic rings. The topological polar surface area (TPSA) is 159 Å². The average Bonchev–Trinajstić information content (AvgIpc) is 3.64. The van der Waals surface area contributed by atoms with Gasteiger partial charge in [0.05, 0.1) is 24.2 Å². The minimum Gasteiger partial charge on any atom is -0.445 e. The predicted octanol–water partition coefficient (Wildman–Crippen LogP) is 2.69. The molecule has 224 valence electrons. The Morgan fingerprint density at radius 1 is 1.05 bits per heavy atom. The number of nitriles is 1. The lowest BCUT2D eigenvalue weighted by Crippen LogP contribution is -2.59. The van der Waals surface area contributed by atoms with Gasteiger partial charge in [0.2, 0.25) is 17.7 Å². The van der Waals surface area contributed by atoms with Crippen molar-refractivity contribution in [1.29, 1.82) is 5.26 Å². The van der Waals surface area contributed by atoms with E-state index in [1.54, 1.807) is 6.92 Å². The number of alkyl carbamates (subject to hydrolysis) is 1. The highest BCUT2D eigenvalue weighted by Crippen LogP contribution is 2.33. The van der Waals surface area contributed by atoms with E-state index in [-0.39, 0.29) is 24.9 Å². The number of hydrogen-bond donors (Lipinski definition) is 4. The van der Waals surface area contributed by atoms with E-state index in [2.05, 4.69) is 27.3 Å². The van der Waals surface area contributed by atoms with Crippen molar-refractivity contribution in [1.82, 2.24) is 21.3 Å². The zero-order chi connectivity index (χ0) is 30.0. The Morgan fingerprint density at radius 3 is 2.34 bits per heavy atom. The summed E-state index contributed by atoms with van der Waals surface area (Å²) in [5, 5.41) is 20.4. The fraction of sp³-hybridized carbons (Fsp3) is 0.633. The molecule has 0 radical (unpaired) electrons. The lowest BCUT2D eigenvalue weighted by molar-refractivity contribution is -0.135. The van der Waals surface area contributed by atoms with Crippen LogP contribution in [0.25, 0.3) is 0 Å². The molecule has 4 amide bonds. The Kier molecular flexibility index (Phi) is 11.5. The standard InChI is InChI=1S/C30H43N5O6/c1-19(41-30(2,3)4)25(35-29(39)40-18-21-8-6-5-7-9-21)28(38)34-24(16-20-10-11-20)27(37)33-23(12-14-31)17-22-13-15-32-26(22)36/h5-9,19-20,22-25H,10-13,15-18H2,1-4H3,(H,32,36)(H,33,37)(H,34,38)(H,35,39)/t19-,22+,23-,24+,25+/m1/s1. The number of nitrogens with zero attached hydrogens (tertiary/aromatic N) is 1. The zero-order valence-corrected chi connectivity index (χ0v) is 24.4. The molecule has 1 saturated heterocycles. The lowest BCUT2D eigenvalue weighted by Gasteiger charge is -2.31. The normalized spacial score (nSPS) is 19.6. The van der Waals surface area contributed by atoms with Gasteiger partial charge in [-0.1, -0.05) is 43.2 Å². The summed E-state index contributed by atoms with van der Waals surface area (Å²) in [6, 6.07) is 8.72. The molecule has 3 rings (SSSR count). The van der Waals surface area contributed by atoms with E-state index in [0.29, 0.717) is 31.7 Å². The molecule has 1 saturated carbocycles. The van der Waals surface area contributed by atoms with Crippen LogP contribution in [-0.2, 0) is 30.5 Å². The van der Waals surface area contributed by atoms with Crippen molar-refractivity contribution in [2.75, 3.05) is 6.54 Å². The predicted molar refractivity (Wildman–Crippen MR) is 151 cm³/mol. The Balaban J connectivity index is 1.69. The molecule has 0 spiro atoms. The van der Waals surface area contributed by atoms with Crippen LogP contribution in [0.4, 0.5) is 4.79 Å². The maximum Gasteiger partial charge on any atom is 0.408 e. The van der Waals surface area contributed by atoms with Crippen molar-refractivity contribution in [3.05, 3.63) is 35.9 Å². The largest absolute Gasteiger partial charge is 0.445 e. The summed E-state index contributed by atoms with van der Waals surface area (Å²) < 4.78 is 11.3. The Bertz CT molecular complexity index is 1090. The first-order valence-corrected chi connectivity index (χ1v) is 14.4. The highest BCUT2D eigenvalue weighted by atomic mass is 16.6. The van der Waals surface area contributed by atoms with Crippen molar-refractivity contribution >= 4 is 23.8 Å². The van der Waals surface area contributed by atoms with Crippen molar-refractivity contribution in [3.63, 3.8) is 0 Å². The van der Waals surface area contributed by atoms with E-state index in [1.807, 2.05) is 51.1 Å². The van der Waals surface area contributed by atoms with Crippen LogP contribution < -0.4 is 21.3 Å². The van der Waals surface area contributed by atoms with Gasteiger partial charge in [0.15, 0.2) is 0 Å². The maximum atomic E-state index is 13.6. The highest BCUT2D eigenvalue weighted by Gasteiger charge is 2.37. The number of nitrogens with one attached hydrogen (secondary N) is 4. The van der Waals surface area contributed by atoms with Crippen molar-refractivity contribution in [3.8, 4) is 6.07 Å². The zero-order valence-electron chi connectivity index (χ0n) is 24.4. The summed E-state index contributed by atoms with van der Waals surface area (Å²) in [4.78, 5) is 51.8. The van der Waals surface area contributed by atoms with Gasteiger partial charge in [-0.25, -0.2) is 4.79 Å². The van der Waals surface area contributed by atoms with E-state index >= 15 is 0 Å². The van der Waals surface area contributed by atoms with E-state index in [9.17, 15) is 24.4 Å². The first-order chi connectivity index (χ1) is 19.4. The molecule has 11 nitrogen and oxygen atoms in total.